The molecule has 0 fully saturated rings. The van der Waals surface area contributed by atoms with E-state index >= 15 is 0 Å². The van der Waals surface area contributed by atoms with Crippen molar-refractivity contribution in [1.29, 1.82) is 0 Å². The first kappa shape index (κ1) is 19.6. The number of benzene rings is 2. The summed E-state index contributed by atoms with van der Waals surface area (Å²) in [5.41, 5.74) is 2.77. The van der Waals surface area contributed by atoms with E-state index in [0.717, 1.165) is 16.9 Å². The minimum absolute atomic E-state index is 0.143. The predicted octanol–water partition coefficient (Wildman–Crippen LogP) is 4.99. The molecule has 5 nitrogen and oxygen atoms in total. The second-order valence-electron chi connectivity index (χ2n) is 6.30. The summed E-state index contributed by atoms with van der Waals surface area (Å²) in [4.78, 5) is 24.7. The van der Waals surface area contributed by atoms with E-state index in [2.05, 4.69) is 5.32 Å². The highest BCUT2D eigenvalue weighted by Crippen LogP contribution is 2.20. The Kier molecular flexibility index (Phi) is 6.45. The van der Waals surface area contributed by atoms with Crippen LogP contribution in [0.5, 0.6) is 11.5 Å². The van der Waals surface area contributed by atoms with E-state index in [0.29, 0.717) is 16.3 Å². The molecule has 0 saturated heterocycles. The Morgan fingerprint density at radius 3 is 2.54 bits per heavy atom. The minimum Gasteiger partial charge on any atom is -0.493 e. The maximum Gasteiger partial charge on any atom is 0.314 e. The molecule has 0 aliphatic heterocycles. The lowest BCUT2D eigenvalue weighted by atomic mass is 10.1. The highest BCUT2D eigenvalue weighted by atomic mass is 32.1. The summed E-state index contributed by atoms with van der Waals surface area (Å²) in [7, 11) is 0. The molecule has 0 aliphatic carbocycles. The molecule has 1 amide bonds. The molecular formula is C22H21NO4S. The van der Waals surface area contributed by atoms with Gasteiger partial charge in [-0.2, -0.15) is 0 Å². The highest BCUT2D eigenvalue weighted by molar-refractivity contribution is 7.12. The van der Waals surface area contributed by atoms with Gasteiger partial charge in [-0.3, -0.25) is 9.59 Å². The van der Waals surface area contributed by atoms with E-state index in [4.69, 9.17) is 9.47 Å². The first-order valence-corrected chi connectivity index (χ1v) is 9.75. The second-order valence-corrected chi connectivity index (χ2v) is 7.24. The average molecular weight is 395 g/mol. The number of hydrogen-bond acceptors (Lipinski definition) is 5. The number of hydrogen-bond donors (Lipinski definition) is 1. The first-order chi connectivity index (χ1) is 13.5. The molecule has 1 aromatic heterocycles. The molecule has 2 aromatic carbocycles. The zero-order chi connectivity index (χ0) is 19.9. The van der Waals surface area contributed by atoms with Crippen molar-refractivity contribution in [1.82, 2.24) is 0 Å². The number of ether oxygens (including phenoxy) is 2. The molecule has 0 radical (unpaired) electrons. The largest absolute Gasteiger partial charge is 0.493 e. The fourth-order valence-corrected chi connectivity index (χ4v) is 3.12. The summed E-state index contributed by atoms with van der Waals surface area (Å²) in [5, 5.41) is 4.65. The maximum atomic E-state index is 12.0. The van der Waals surface area contributed by atoms with Gasteiger partial charge in [-0.25, -0.2) is 0 Å². The number of anilines is 1. The van der Waals surface area contributed by atoms with Crippen molar-refractivity contribution in [2.75, 3.05) is 11.9 Å². The van der Waals surface area contributed by atoms with Crippen LogP contribution in [0, 0.1) is 13.8 Å². The Bertz CT molecular complexity index is 949. The lowest BCUT2D eigenvalue weighted by molar-refractivity contribution is -0.134. The third-order valence-electron chi connectivity index (χ3n) is 4.00. The smallest absolute Gasteiger partial charge is 0.314 e. The van der Waals surface area contributed by atoms with Crippen molar-refractivity contribution in [3.8, 4) is 11.5 Å². The van der Waals surface area contributed by atoms with Crippen LogP contribution in [0.4, 0.5) is 5.69 Å². The Morgan fingerprint density at radius 2 is 1.82 bits per heavy atom. The molecule has 3 rings (SSSR count). The second kappa shape index (κ2) is 9.19. The van der Waals surface area contributed by atoms with Gasteiger partial charge in [0.2, 0.25) is 0 Å². The molecule has 1 N–H and O–H groups in total. The van der Waals surface area contributed by atoms with Gasteiger partial charge in [-0.15, -0.1) is 11.3 Å². The minimum atomic E-state index is -0.374. The van der Waals surface area contributed by atoms with Gasteiger partial charge in [0.15, 0.2) is 0 Å². The number of nitrogens with one attached hydrogen (secondary N) is 1. The monoisotopic (exact) mass is 395 g/mol. The van der Waals surface area contributed by atoms with Gasteiger partial charge < -0.3 is 14.8 Å². The molecule has 0 saturated carbocycles. The van der Waals surface area contributed by atoms with E-state index < -0.39 is 0 Å². The summed E-state index contributed by atoms with van der Waals surface area (Å²) in [6.45, 7) is 4.21. The maximum absolute atomic E-state index is 12.0. The van der Waals surface area contributed by atoms with Crippen molar-refractivity contribution < 1.29 is 19.1 Å². The fourth-order valence-electron chi connectivity index (χ4n) is 2.50. The lowest BCUT2D eigenvalue weighted by Gasteiger charge is -2.10. The number of aryl methyl sites for hydroxylation is 2. The van der Waals surface area contributed by atoms with E-state index in [9.17, 15) is 9.59 Å². The van der Waals surface area contributed by atoms with Gasteiger partial charge >= 0.3 is 5.97 Å². The number of carbonyl (C=O) groups excluding carboxylic acids is 2. The topological polar surface area (TPSA) is 64.6 Å². The van der Waals surface area contributed by atoms with E-state index in [1.807, 2.05) is 43.5 Å². The zero-order valence-electron chi connectivity index (χ0n) is 15.7. The van der Waals surface area contributed by atoms with Crippen molar-refractivity contribution >= 4 is 28.9 Å². The van der Waals surface area contributed by atoms with Crippen LogP contribution < -0.4 is 14.8 Å². The van der Waals surface area contributed by atoms with Crippen LogP contribution in [0.3, 0.4) is 0 Å². The summed E-state index contributed by atoms with van der Waals surface area (Å²) in [6.07, 6.45) is 0.143. The number of carbonyl (C=O) groups is 2. The molecule has 6 heteroatoms. The Labute approximate surface area is 167 Å². The molecule has 3 aromatic rings. The quantitative estimate of drug-likeness (QED) is 0.452. The summed E-state index contributed by atoms with van der Waals surface area (Å²) in [6, 6.07) is 16.2. The number of amides is 1. The SMILES string of the molecule is Cc1ccc(C)c(OCCC(=O)Oc2ccc(NC(=O)c3cccs3)cc2)c1. The van der Waals surface area contributed by atoms with Crippen LogP contribution in [0.1, 0.15) is 27.2 Å². The van der Waals surface area contributed by atoms with Crippen molar-refractivity contribution in [3.05, 3.63) is 76.0 Å². The highest BCUT2D eigenvalue weighted by Gasteiger charge is 2.09. The van der Waals surface area contributed by atoms with Crippen molar-refractivity contribution in [3.63, 3.8) is 0 Å². The number of rotatable bonds is 7. The van der Waals surface area contributed by atoms with Gasteiger partial charge in [0.05, 0.1) is 17.9 Å². The van der Waals surface area contributed by atoms with Crippen LogP contribution in [0.2, 0.25) is 0 Å². The molecule has 0 aliphatic rings. The van der Waals surface area contributed by atoms with Gasteiger partial charge in [0, 0.05) is 5.69 Å². The van der Waals surface area contributed by atoms with Crippen LogP contribution in [-0.4, -0.2) is 18.5 Å². The van der Waals surface area contributed by atoms with Crippen molar-refractivity contribution in [2.24, 2.45) is 0 Å². The van der Waals surface area contributed by atoms with E-state index in [-0.39, 0.29) is 24.9 Å². The fraction of sp³-hybridized carbons (Fsp3) is 0.182. The van der Waals surface area contributed by atoms with E-state index in [1.165, 1.54) is 11.3 Å². The number of esters is 1. The standard InChI is InChI=1S/C22H21NO4S/c1-15-5-6-16(2)19(14-15)26-12-11-21(24)27-18-9-7-17(8-10-18)23-22(25)20-4-3-13-28-20/h3-10,13-14H,11-12H2,1-2H3,(H,23,25). The average Bonchev–Trinajstić information content (AvgIpc) is 3.21. The predicted molar refractivity (Wildman–Crippen MR) is 110 cm³/mol. The molecule has 144 valence electrons. The zero-order valence-corrected chi connectivity index (χ0v) is 16.5. The summed E-state index contributed by atoms with van der Waals surface area (Å²) in [5.74, 6) is 0.661. The van der Waals surface area contributed by atoms with Crippen LogP contribution in [0.15, 0.2) is 60.0 Å². The van der Waals surface area contributed by atoms with Crippen molar-refractivity contribution in [2.45, 2.75) is 20.3 Å². The summed E-state index contributed by atoms with van der Waals surface area (Å²) < 4.78 is 11.0. The molecule has 1 heterocycles. The van der Waals surface area contributed by atoms with Gasteiger partial charge in [-0.05, 0) is 66.8 Å². The Balaban J connectivity index is 1.46. The molecule has 0 unspecified atom stereocenters. The molecule has 28 heavy (non-hydrogen) atoms. The van der Waals surface area contributed by atoms with Gasteiger partial charge in [0.1, 0.15) is 11.5 Å². The normalized spacial score (nSPS) is 10.4. The van der Waals surface area contributed by atoms with Crippen LogP contribution >= 0.6 is 11.3 Å². The Hall–Kier alpha value is -3.12. The van der Waals surface area contributed by atoms with Crippen LogP contribution in [0.25, 0.3) is 0 Å². The van der Waals surface area contributed by atoms with E-state index in [1.54, 1.807) is 30.3 Å². The van der Waals surface area contributed by atoms with Crippen LogP contribution in [-0.2, 0) is 4.79 Å². The van der Waals surface area contributed by atoms with Gasteiger partial charge in [-0.1, -0.05) is 18.2 Å². The van der Waals surface area contributed by atoms with Gasteiger partial charge in [0.25, 0.3) is 5.91 Å². The third-order valence-corrected chi connectivity index (χ3v) is 4.86. The Morgan fingerprint density at radius 1 is 1.04 bits per heavy atom. The molecule has 0 bridgehead atoms. The first-order valence-electron chi connectivity index (χ1n) is 8.87. The molecule has 0 spiro atoms. The lowest BCUT2D eigenvalue weighted by Crippen LogP contribution is -2.13. The molecular weight excluding hydrogens is 374 g/mol. The molecule has 0 atom stereocenters. The summed E-state index contributed by atoms with van der Waals surface area (Å²) >= 11 is 1.38. The third kappa shape index (κ3) is 5.44. The number of thiophene rings is 1.